The van der Waals surface area contributed by atoms with Crippen molar-refractivity contribution in [2.75, 3.05) is 31.1 Å². The van der Waals surface area contributed by atoms with Gasteiger partial charge in [0.05, 0.1) is 0 Å². The van der Waals surface area contributed by atoms with Crippen molar-refractivity contribution in [3.63, 3.8) is 0 Å². The fourth-order valence-corrected chi connectivity index (χ4v) is 4.04. The zero-order valence-corrected chi connectivity index (χ0v) is 13.4. The van der Waals surface area contributed by atoms with Crippen LogP contribution in [0.2, 0.25) is 0 Å². The molecule has 1 saturated heterocycles. The summed E-state index contributed by atoms with van der Waals surface area (Å²) in [7, 11) is 0. The summed E-state index contributed by atoms with van der Waals surface area (Å²) in [5.74, 6) is 1.51. The molecule has 2 bridgehead atoms. The Bertz CT molecular complexity index is 490. The number of nitrogens with zero attached hydrogens (tertiary/aromatic N) is 2. The molecule has 2 fully saturated rings. The van der Waals surface area contributed by atoms with Gasteiger partial charge in [0.2, 0.25) is 5.91 Å². The molecule has 1 unspecified atom stereocenters. The SMILES string of the molecule is CCN(C(=O)CCN1C[C@H]2CC[C@@H](C1)C2N)c1ccccc1. The first-order chi connectivity index (χ1) is 10.7. The molecular formula is C18H27N3O. The van der Waals surface area contributed by atoms with E-state index in [0.717, 1.165) is 31.9 Å². The molecule has 120 valence electrons. The molecule has 2 N–H and O–H groups in total. The number of nitrogens with two attached hydrogens (primary N) is 1. The molecule has 1 aromatic rings. The predicted molar refractivity (Wildman–Crippen MR) is 89.7 cm³/mol. The lowest BCUT2D eigenvalue weighted by molar-refractivity contribution is -0.119. The third kappa shape index (κ3) is 3.18. The van der Waals surface area contributed by atoms with Crippen molar-refractivity contribution in [2.45, 2.75) is 32.2 Å². The minimum Gasteiger partial charge on any atom is -0.327 e. The van der Waals surface area contributed by atoms with Crippen molar-refractivity contribution in [3.8, 4) is 0 Å². The third-order valence-electron chi connectivity index (χ3n) is 5.31. The number of hydrogen-bond donors (Lipinski definition) is 1. The minimum absolute atomic E-state index is 0.218. The molecule has 1 aliphatic heterocycles. The van der Waals surface area contributed by atoms with Gasteiger partial charge in [0.25, 0.3) is 0 Å². The summed E-state index contributed by atoms with van der Waals surface area (Å²) in [4.78, 5) is 16.9. The van der Waals surface area contributed by atoms with E-state index in [1.807, 2.05) is 42.2 Å². The Hall–Kier alpha value is -1.39. The van der Waals surface area contributed by atoms with Crippen LogP contribution in [0.15, 0.2) is 30.3 Å². The van der Waals surface area contributed by atoms with E-state index in [-0.39, 0.29) is 5.91 Å². The molecule has 1 heterocycles. The summed E-state index contributed by atoms with van der Waals surface area (Å²) < 4.78 is 0. The molecule has 0 radical (unpaired) electrons. The number of amides is 1. The van der Waals surface area contributed by atoms with Crippen LogP contribution in [0.5, 0.6) is 0 Å². The Balaban J connectivity index is 1.54. The highest BCUT2D eigenvalue weighted by Gasteiger charge is 2.39. The maximum atomic E-state index is 12.5. The van der Waals surface area contributed by atoms with Crippen molar-refractivity contribution in [1.29, 1.82) is 0 Å². The summed E-state index contributed by atoms with van der Waals surface area (Å²) in [5.41, 5.74) is 7.24. The number of para-hydroxylation sites is 1. The Labute approximate surface area is 133 Å². The number of likely N-dealkylation sites (tertiary alicyclic amines) is 1. The molecule has 3 atom stereocenters. The number of carbonyl (C=O) groups excluding carboxylic acids is 1. The number of anilines is 1. The second kappa shape index (κ2) is 6.80. The van der Waals surface area contributed by atoms with Gasteiger partial charge < -0.3 is 15.5 Å². The first-order valence-corrected chi connectivity index (χ1v) is 8.52. The molecule has 1 aromatic carbocycles. The minimum atomic E-state index is 0.218. The van der Waals surface area contributed by atoms with Gasteiger partial charge in [-0.2, -0.15) is 0 Å². The number of rotatable bonds is 5. The van der Waals surface area contributed by atoms with Gasteiger partial charge in [-0.15, -0.1) is 0 Å². The summed E-state index contributed by atoms with van der Waals surface area (Å²) >= 11 is 0. The molecule has 1 amide bonds. The second-order valence-electron chi connectivity index (χ2n) is 6.66. The smallest absolute Gasteiger partial charge is 0.228 e. The quantitative estimate of drug-likeness (QED) is 0.906. The highest BCUT2D eigenvalue weighted by atomic mass is 16.2. The number of hydrogen-bond acceptors (Lipinski definition) is 3. The fourth-order valence-electron chi connectivity index (χ4n) is 4.04. The highest BCUT2D eigenvalue weighted by Crippen LogP contribution is 2.35. The normalized spacial score (nSPS) is 27.8. The number of benzene rings is 1. The zero-order valence-electron chi connectivity index (χ0n) is 13.4. The van der Waals surface area contributed by atoms with Crippen molar-refractivity contribution in [2.24, 2.45) is 17.6 Å². The maximum Gasteiger partial charge on any atom is 0.228 e. The number of carbonyl (C=O) groups is 1. The zero-order chi connectivity index (χ0) is 15.5. The lowest BCUT2D eigenvalue weighted by atomic mass is 9.93. The molecule has 0 aromatic heterocycles. The molecule has 0 spiro atoms. The predicted octanol–water partition coefficient (Wildman–Crippen LogP) is 2.10. The van der Waals surface area contributed by atoms with Crippen LogP contribution in [-0.2, 0) is 4.79 Å². The van der Waals surface area contributed by atoms with E-state index < -0.39 is 0 Å². The van der Waals surface area contributed by atoms with E-state index in [2.05, 4.69) is 4.90 Å². The fraction of sp³-hybridized carbons (Fsp3) is 0.611. The van der Waals surface area contributed by atoms with Crippen molar-refractivity contribution in [3.05, 3.63) is 30.3 Å². The van der Waals surface area contributed by atoms with Crippen molar-refractivity contribution >= 4 is 11.6 Å². The van der Waals surface area contributed by atoms with Crippen LogP contribution in [0.4, 0.5) is 5.69 Å². The van der Waals surface area contributed by atoms with Gasteiger partial charge in [-0.3, -0.25) is 4.79 Å². The van der Waals surface area contributed by atoms with Crippen LogP contribution in [0.25, 0.3) is 0 Å². The van der Waals surface area contributed by atoms with Crippen LogP contribution < -0.4 is 10.6 Å². The Morgan fingerprint density at radius 3 is 2.45 bits per heavy atom. The molecule has 22 heavy (non-hydrogen) atoms. The van der Waals surface area contributed by atoms with Gasteiger partial charge in [0.15, 0.2) is 0 Å². The van der Waals surface area contributed by atoms with Gasteiger partial charge in [0, 0.05) is 44.3 Å². The molecule has 1 aliphatic carbocycles. The van der Waals surface area contributed by atoms with Crippen LogP contribution in [-0.4, -0.2) is 43.0 Å². The van der Waals surface area contributed by atoms with Gasteiger partial charge in [0.1, 0.15) is 0 Å². The van der Waals surface area contributed by atoms with Gasteiger partial charge >= 0.3 is 0 Å². The lowest BCUT2D eigenvalue weighted by Gasteiger charge is -2.36. The first kappa shape index (κ1) is 15.5. The Morgan fingerprint density at radius 2 is 1.86 bits per heavy atom. The Morgan fingerprint density at radius 1 is 1.23 bits per heavy atom. The molecular weight excluding hydrogens is 274 g/mol. The standard InChI is InChI=1S/C18H27N3O/c1-2-21(16-6-4-3-5-7-16)17(22)10-11-20-12-14-8-9-15(13-20)18(14)19/h3-7,14-15,18H,2,8-13,19H2,1H3/t14-,15+,18?. The summed E-state index contributed by atoms with van der Waals surface area (Å²) in [6.07, 6.45) is 3.13. The topological polar surface area (TPSA) is 49.6 Å². The molecule has 4 nitrogen and oxygen atoms in total. The van der Waals surface area contributed by atoms with Gasteiger partial charge in [-0.25, -0.2) is 0 Å². The van der Waals surface area contributed by atoms with E-state index >= 15 is 0 Å². The number of piperidine rings is 1. The van der Waals surface area contributed by atoms with Crippen LogP contribution in [0.3, 0.4) is 0 Å². The van der Waals surface area contributed by atoms with E-state index in [1.54, 1.807) is 0 Å². The van der Waals surface area contributed by atoms with Crippen LogP contribution in [0.1, 0.15) is 26.2 Å². The van der Waals surface area contributed by atoms with Crippen LogP contribution >= 0.6 is 0 Å². The van der Waals surface area contributed by atoms with E-state index in [4.69, 9.17) is 5.73 Å². The van der Waals surface area contributed by atoms with Crippen molar-refractivity contribution < 1.29 is 4.79 Å². The highest BCUT2D eigenvalue weighted by molar-refractivity contribution is 5.93. The average Bonchev–Trinajstić information content (AvgIpc) is 2.76. The molecule has 1 saturated carbocycles. The molecule has 4 heteroatoms. The second-order valence-corrected chi connectivity index (χ2v) is 6.66. The summed E-state index contributed by atoms with van der Waals surface area (Å²) in [6.45, 7) is 5.76. The first-order valence-electron chi connectivity index (χ1n) is 8.52. The Kier molecular flexibility index (Phi) is 4.79. The average molecular weight is 301 g/mol. The van der Waals surface area contributed by atoms with Crippen LogP contribution in [0, 0.1) is 11.8 Å². The lowest BCUT2D eigenvalue weighted by Crippen LogP contribution is -2.49. The summed E-state index contributed by atoms with van der Waals surface area (Å²) in [5, 5.41) is 0. The van der Waals surface area contributed by atoms with E-state index in [1.165, 1.54) is 12.8 Å². The third-order valence-corrected chi connectivity index (χ3v) is 5.31. The van der Waals surface area contributed by atoms with E-state index in [0.29, 0.717) is 24.3 Å². The summed E-state index contributed by atoms with van der Waals surface area (Å²) in [6, 6.07) is 10.3. The monoisotopic (exact) mass is 301 g/mol. The maximum absolute atomic E-state index is 12.5. The molecule has 3 rings (SSSR count). The van der Waals surface area contributed by atoms with Gasteiger partial charge in [-0.1, -0.05) is 18.2 Å². The van der Waals surface area contributed by atoms with Crippen molar-refractivity contribution in [1.82, 2.24) is 4.90 Å². The number of fused-ring (bicyclic) bond motifs is 2. The van der Waals surface area contributed by atoms with E-state index in [9.17, 15) is 4.79 Å². The largest absolute Gasteiger partial charge is 0.327 e. The molecule has 2 aliphatic rings. The van der Waals surface area contributed by atoms with Gasteiger partial charge in [-0.05, 0) is 43.7 Å².